The molecule has 0 aliphatic carbocycles. The van der Waals surface area contributed by atoms with Gasteiger partial charge in [0, 0.05) is 30.4 Å². The van der Waals surface area contributed by atoms with Crippen molar-refractivity contribution in [3.8, 4) is 0 Å². The summed E-state index contributed by atoms with van der Waals surface area (Å²) in [6.07, 6.45) is -3.05. The predicted octanol–water partition coefficient (Wildman–Crippen LogP) is 3.39. The summed E-state index contributed by atoms with van der Waals surface area (Å²) in [5.41, 5.74) is 0.214. The summed E-state index contributed by atoms with van der Waals surface area (Å²) in [5, 5.41) is 2.67. The van der Waals surface area contributed by atoms with Gasteiger partial charge in [0.2, 0.25) is 0 Å². The van der Waals surface area contributed by atoms with E-state index in [0.717, 1.165) is 30.0 Å². The van der Waals surface area contributed by atoms with Crippen LogP contribution < -0.4 is 10.9 Å². The Morgan fingerprint density at radius 2 is 1.76 bits per heavy atom. The fourth-order valence-electron chi connectivity index (χ4n) is 2.42. The van der Waals surface area contributed by atoms with Crippen molar-refractivity contribution in [1.29, 1.82) is 0 Å². The van der Waals surface area contributed by atoms with Gasteiger partial charge in [-0.25, -0.2) is 0 Å². The van der Waals surface area contributed by atoms with E-state index >= 15 is 0 Å². The molecule has 0 saturated heterocycles. The van der Waals surface area contributed by atoms with Gasteiger partial charge < -0.3 is 9.88 Å². The molecule has 0 radical (unpaired) electrons. The number of carbonyl (C=O) groups excluding carboxylic acids is 1. The number of nitrogens with zero attached hydrogens (tertiary/aromatic N) is 1. The van der Waals surface area contributed by atoms with E-state index in [0.29, 0.717) is 25.9 Å². The van der Waals surface area contributed by atoms with E-state index in [2.05, 4.69) is 5.32 Å². The number of nitrogens with one attached hydrogen (secondary N) is 1. The van der Waals surface area contributed by atoms with E-state index < -0.39 is 17.6 Å². The van der Waals surface area contributed by atoms with Crippen LogP contribution in [0.3, 0.4) is 0 Å². The van der Waals surface area contributed by atoms with Crippen molar-refractivity contribution in [2.24, 2.45) is 0 Å². The third-order valence-corrected chi connectivity index (χ3v) is 3.84. The number of aromatic nitrogens is 1. The summed E-state index contributed by atoms with van der Waals surface area (Å²) in [4.78, 5) is 23.6. The molecule has 7 heteroatoms. The van der Waals surface area contributed by atoms with Gasteiger partial charge in [0.25, 0.3) is 11.5 Å². The molecule has 1 aromatic carbocycles. The van der Waals surface area contributed by atoms with E-state index in [-0.39, 0.29) is 11.1 Å². The SMILES string of the molecule is Cc1cccc(=O)n1CCCCNC(=O)c1ccc(C(F)(F)F)cc1. The van der Waals surface area contributed by atoms with E-state index in [4.69, 9.17) is 0 Å². The lowest BCUT2D eigenvalue weighted by Gasteiger charge is -2.10. The molecular formula is C18H19F3N2O2. The highest BCUT2D eigenvalue weighted by molar-refractivity contribution is 5.94. The Bertz CT molecular complexity index is 780. The molecule has 0 fully saturated rings. The Hall–Kier alpha value is -2.57. The summed E-state index contributed by atoms with van der Waals surface area (Å²) < 4.78 is 39.1. The lowest BCUT2D eigenvalue weighted by molar-refractivity contribution is -0.137. The van der Waals surface area contributed by atoms with Crippen LogP contribution in [-0.4, -0.2) is 17.0 Å². The number of pyridine rings is 1. The molecule has 0 atom stereocenters. The smallest absolute Gasteiger partial charge is 0.352 e. The van der Waals surface area contributed by atoms with Crippen LogP contribution in [-0.2, 0) is 12.7 Å². The molecule has 1 heterocycles. The fraction of sp³-hybridized carbons (Fsp3) is 0.333. The first-order valence-corrected chi connectivity index (χ1v) is 7.91. The number of aryl methyl sites for hydroxylation is 1. The van der Waals surface area contributed by atoms with Crippen molar-refractivity contribution < 1.29 is 18.0 Å². The van der Waals surface area contributed by atoms with Crippen molar-refractivity contribution >= 4 is 5.91 Å². The minimum Gasteiger partial charge on any atom is -0.352 e. The molecule has 2 aromatic rings. The molecule has 0 aliphatic heterocycles. The van der Waals surface area contributed by atoms with Crippen molar-refractivity contribution in [3.63, 3.8) is 0 Å². The molecule has 0 saturated carbocycles. The number of hydrogen-bond acceptors (Lipinski definition) is 2. The zero-order valence-corrected chi connectivity index (χ0v) is 13.8. The van der Waals surface area contributed by atoms with Gasteiger partial charge in [-0.05, 0) is 50.1 Å². The standard InChI is InChI=1S/C18H19F3N2O2/c1-13-5-4-6-16(24)23(13)12-3-2-11-22-17(25)14-7-9-15(10-8-14)18(19,20)21/h4-10H,2-3,11-12H2,1H3,(H,22,25). The molecule has 0 aliphatic rings. The van der Waals surface area contributed by atoms with Crippen LogP contribution in [0.1, 0.15) is 34.5 Å². The average molecular weight is 352 g/mol. The van der Waals surface area contributed by atoms with Crippen molar-refractivity contribution in [2.75, 3.05) is 6.54 Å². The van der Waals surface area contributed by atoms with Crippen LogP contribution >= 0.6 is 0 Å². The van der Waals surface area contributed by atoms with Crippen LogP contribution in [0.25, 0.3) is 0 Å². The largest absolute Gasteiger partial charge is 0.416 e. The minimum atomic E-state index is -4.41. The van der Waals surface area contributed by atoms with Crippen LogP contribution in [0, 0.1) is 6.92 Å². The topological polar surface area (TPSA) is 51.1 Å². The van der Waals surface area contributed by atoms with E-state index in [1.807, 2.05) is 13.0 Å². The second-order valence-electron chi connectivity index (χ2n) is 5.70. The molecule has 25 heavy (non-hydrogen) atoms. The number of rotatable bonds is 6. The van der Waals surface area contributed by atoms with E-state index in [1.165, 1.54) is 6.07 Å². The number of hydrogen-bond donors (Lipinski definition) is 1. The maximum atomic E-state index is 12.5. The van der Waals surface area contributed by atoms with Gasteiger partial charge in [-0.3, -0.25) is 9.59 Å². The third-order valence-electron chi connectivity index (χ3n) is 3.84. The van der Waals surface area contributed by atoms with Crippen molar-refractivity contribution in [3.05, 3.63) is 69.6 Å². The molecule has 0 spiro atoms. The van der Waals surface area contributed by atoms with E-state index in [9.17, 15) is 22.8 Å². The lowest BCUT2D eigenvalue weighted by atomic mass is 10.1. The number of benzene rings is 1. The molecule has 4 nitrogen and oxygen atoms in total. The summed E-state index contributed by atoms with van der Waals surface area (Å²) in [5.74, 6) is -0.415. The summed E-state index contributed by atoms with van der Waals surface area (Å²) in [6.45, 7) is 2.80. The Balaban J connectivity index is 1.78. The number of unbranched alkanes of at least 4 members (excludes halogenated alkanes) is 1. The summed E-state index contributed by atoms with van der Waals surface area (Å²) in [7, 11) is 0. The second-order valence-corrected chi connectivity index (χ2v) is 5.70. The van der Waals surface area contributed by atoms with Crippen LogP contribution in [0.2, 0.25) is 0 Å². The van der Waals surface area contributed by atoms with Crippen LogP contribution in [0.15, 0.2) is 47.3 Å². The predicted molar refractivity (Wildman–Crippen MR) is 88.5 cm³/mol. The summed E-state index contributed by atoms with van der Waals surface area (Å²) in [6, 6.07) is 9.15. The molecule has 1 N–H and O–H groups in total. The first kappa shape index (κ1) is 18.8. The zero-order valence-electron chi connectivity index (χ0n) is 13.8. The monoisotopic (exact) mass is 352 g/mol. The molecule has 134 valence electrons. The molecule has 1 aromatic heterocycles. The fourth-order valence-corrected chi connectivity index (χ4v) is 2.42. The highest BCUT2D eigenvalue weighted by Crippen LogP contribution is 2.29. The first-order chi connectivity index (χ1) is 11.8. The van der Waals surface area contributed by atoms with Crippen molar-refractivity contribution in [1.82, 2.24) is 9.88 Å². The molecule has 0 bridgehead atoms. The van der Waals surface area contributed by atoms with Crippen molar-refractivity contribution in [2.45, 2.75) is 32.5 Å². The van der Waals surface area contributed by atoms with E-state index in [1.54, 1.807) is 10.6 Å². The van der Waals surface area contributed by atoms with Crippen LogP contribution in [0.4, 0.5) is 13.2 Å². The highest BCUT2D eigenvalue weighted by Gasteiger charge is 2.30. The quantitative estimate of drug-likeness (QED) is 0.811. The van der Waals surface area contributed by atoms with Gasteiger partial charge in [-0.1, -0.05) is 6.07 Å². The van der Waals surface area contributed by atoms with Gasteiger partial charge in [-0.2, -0.15) is 13.2 Å². The Labute approximate surface area is 143 Å². The number of amides is 1. The average Bonchev–Trinajstić information content (AvgIpc) is 2.56. The number of halogens is 3. The van der Waals surface area contributed by atoms with Gasteiger partial charge in [0.1, 0.15) is 0 Å². The number of alkyl halides is 3. The highest BCUT2D eigenvalue weighted by atomic mass is 19.4. The Kier molecular flexibility index (Phi) is 6.01. The third kappa shape index (κ3) is 5.20. The maximum absolute atomic E-state index is 12.5. The van der Waals surface area contributed by atoms with Gasteiger partial charge in [0.05, 0.1) is 5.56 Å². The molecular weight excluding hydrogens is 333 g/mol. The normalized spacial score (nSPS) is 11.4. The van der Waals surface area contributed by atoms with Gasteiger partial charge >= 0.3 is 6.18 Å². The molecule has 0 unspecified atom stereocenters. The molecule has 2 rings (SSSR count). The minimum absolute atomic E-state index is 0.0613. The molecule has 1 amide bonds. The summed E-state index contributed by atoms with van der Waals surface area (Å²) >= 11 is 0. The van der Waals surface area contributed by atoms with Gasteiger partial charge in [-0.15, -0.1) is 0 Å². The first-order valence-electron chi connectivity index (χ1n) is 7.91. The van der Waals surface area contributed by atoms with Crippen LogP contribution in [0.5, 0.6) is 0 Å². The lowest BCUT2D eigenvalue weighted by Crippen LogP contribution is -2.25. The second kappa shape index (κ2) is 8.00. The zero-order chi connectivity index (χ0) is 18.4. The number of carbonyl (C=O) groups is 1. The van der Waals surface area contributed by atoms with Gasteiger partial charge in [0.15, 0.2) is 0 Å². The maximum Gasteiger partial charge on any atom is 0.416 e. The Morgan fingerprint density at radius 1 is 1.08 bits per heavy atom. The Morgan fingerprint density at radius 3 is 2.36 bits per heavy atom.